The topological polar surface area (TPSA) is 120 Å². The van der Waals surface area contributed by atoms with Gasteiger partial charge in [0.2, 0.25) is 10.0 Å². The van der Waals surface area contributed by atoms with E-state index in [0.717, 1.165) is 41.6 Å². The summed E-state index contributed by atoms with van der Waals surface area (Å²) in [6, 6.07) is 13.8. The molecule has 9 nitrogen and oxygen atoms in total. The molecule has 0 aliphatic heterocycles. The number of carbonyl (C=O) groups is 1. The normalized spacial score (nSPS) is 12.7. The Labute approximate surface area is 310 Å². The molecule has 0 heterocycles. The van der Waals surface area contributed by atoms with Gasteiger partial charge in [0.05, 0.1) is 17.0 Å². The number of hydrogen-bond donors (Lipinski definition) is 4. The minimum atomic E-state index is -3.28. The third-order valence-electron chi connectivity index (χ3n) is 9.90. The molecular formula is C40H57ClN4O5S. The van der Waals surface area contributed by atoms with Crippen LogP contribution in [0, 0.1) is 6.92 Å². The van der Waals surface area contributed by atoms with Crippen molar-refractivity contribution in [2.75, 3.05) is 41.4 Å². The summed E-state index contributed by atoms with van der Waals surface area (Å²) in [6.45, 7) is 24.4. The SMILES string of the molecule is C=Cc1c(Nc2ccc(N(CC)CCNS(C)(=O)=O)cc2C)cc(NC(=O)C(CC)Oc2ccc(C(C)(C)CC)cc2C(C)(C)CC)c(O)c1Cl. The molecule has 0 saturated carbocycles. The van der Waals surface area contributed by atoms with Crippen molar-refractivity contribution < 1.29 is 23.1 Å². The molecule has 1 atom stereocenters. The van der Waals surface area contributed by atoms with Crippen molar-refractivity contribution in [1.29, 1.82) is 0 Å². The molecule has 0 saturated heterocycles. The lowest BCUT2D eigenvalue weighted by Gasteiger charge is -2.31. The van der Waals surface area contributed by atoms with Crippen molar-refractivity contribution in [3.63, 3.8) is 0 Å². The van der Waals surface area contributed by atoms with E-state index in [9.17, 15) is 18.3 Å². The van der Waals surface area contributed by atoms with E-state index in [1.807, 2.05) is 45.0 Å². The first-order valence-corrected chi connectivity index (χ1v) is 20.0. The first-order valence-electron chi connectivity index (χ1n) is 17.7. The van der Waals surface area contributed by atoms with Crippen LogP contribution in [0.5, 0.6) is 11.5 Å². The molecule has 0 aromatic heterocycles. The first-order chi connectivity index (χ1) is 23.8. The number of sulfonamides is 1. The zero-order valence-electron chi connectivity index (χ0n) is 32.0. The maximum atomic E-state index is 13.8. The lowest BCUT2D eigenvalue weighted by Crippen LogP contribution is -2.34. The van der Waals surface area contributed by atoms with Crippen molar-refractivity contribution >= 4 is 56.4 Å². The molecule has 0 aliphatic rings. The number of nitrogens with one attached hydrogen (secondary N) is 3. The second kappa shape index (κ2) is 17.2. The van der Waals surface area contributed by atoms with Crippen molar-refractivity contribution in [2.45, 2.75) is 98.5 Å². The van der Waals surface area contributed by atoms with Crippen molar-refractivity contribution in [3.8, 4) is 11.5 Å². The van der Waals surface area contributed by atoms with Crippen molar-refractivity contribution in [1.82, 2.24) is 4.72 Å². The smallest absolute Gasteiger partial charge is 0.265 e. The summed E-state index contributed by atoms with van der Waals surface area (Å²) in [5, 5.41) is 17.4. The zero-order chi connectivity index (χ0) is 38.3. The number of nitrogens with zero attached hydrogens (tertiary/aromatic N) is 1. The Morgan fingerprint density at radius 1 is 1.00 bits per heavy atom. The number of anilines is 4. The second-order valence-corrected chi connectivity index (χ2v) is 16.5. The number of hydrogen-bond acceptors (Lipinski definition) is 7. The van der Waals surface area contributed by atoms with Gasteiger partial charge in [0.1, 0.15) is 5.75 Å². The van der Waals surface area contributed by atoms with E-state index in [4.69, 9.17) is 16.3 Å². The van der Waals surface area contributed by atoms with E-state index in [-0.39, 0.29) is 27.3 Å². The number of rotatable bonds is 18. The molecule has 0 aliphatic carbocycles. The maximum absolute atomic E-state index is 13.8. The molecule has 0 bridgehead atoms. The fraction of sp³-hybridized carbons (Fsp3) is 0.475. The van der Waals surface area contributed by atoms with Crippen molar-refractivity contribution in [3.05, 3.63) is 76.3 Å². The third-order valence-corrected chi connectivity index (χ3v) is 11.0. The number of benzene rings is 3. The number of phenols is 1. The lowest BCUT2D eigenvalue weighted by molar-refractivity contribution is -0.122. The van der Waals surface area contributed by atoms with Gasteiger partial charge in [-0.1, -0.05) is 84.9 Å². The summed E-state index contributed by atoms with van der Waals surface area (Å²) >= 11 is 6.65. The highest BCUT2D eigenvalue weighted by molar-refractivity contribution is 7.88. The fourth-order valence-corrected chi connectivity index (χ4v) is 6.43. The van der Waals surface area contributed by atoms with Gasteiger partial charge in [-0.15, -0.1) is 0 Å². The Balaban J connectivity index is 1.91. The summed E-state index contributed by atoms with van der Waals surface area (Å²) < 4.78 is 32.0. The standard InChI is InChI=1S/C40H57ClN4O5S/c1-12-29-32(43-31-19-18-28(23-26(31)6)45(16-5)22-21-42-51(11,48)49)25-33(37(46)36(29)41)44-38(47)34(13-2)50-35-20-17-27(39(7,8)14-3)24-30(35)40(9,10)15-4/h12,17-20,23-25,34,42-43,46H,1,13-16,21-22H2,2-11H3,(H,44,47). The Hall–Kier alpha value is -3.73. The minimum absolute atomic E-state index is 0.00549. The summed E-state index contributed by atoms with van der Waals surface area (Å²) in [6.07, 6.45) is 4.13. The average Bonchev–Trinajstić information content (AvgIpc) is 3.08. The number of likely N-dealkylation sites (N-methyl/N-ethyl adjacent to an activating group) is 1. The van der Waals surface area contributed by atoms with Gasteiger partial charge in [-0.3, -0.25) is 4.79 Å². The molecule has 1 amide bonds. The molecule has 11 heteroatoms. The van der Waals surface area contributed by atoms with Gasteiger partial charge in [-0.25, -0.2) is 13.1 Å². The van der Waals surface area contributed by atoms with Crippen LogP contribution in [0.25, 0.3) is 6.08 Å². The van der Waals surface area contributed by atoms with Gasteiger partial charge in [0, 0.05) is 47.8 Å². The highest BCUT2D eigenvalue weighted by Crippen LogP contribution is 2.43. The summed E-state index contributed by atoms with van der Waals surface area (Å²) in [5.41, 5.74) is 5.88. The molecule has 51 heavy (non-hydrogen) atoms. The predicted molar refractivity (Wildman–Crippen MR) is 215 cm³/mol. The number of carbonyl (C=O) groups excluding carboxylic acids is 1. The molecule has 0 fully saturated rings. The van der Waals surface area contributed by atoms with Crippen LogP contribution in [0.1, 0.15) is 96.9 Å². The van der Waals surface area contributed by atoms with Gasteiger partial charge in [0.15, 0.2) is 11.9 Å². The van der Waals surface area contributed by atoms with Crippen LogP contribution < -0.4 is 25.0 Å². The van der Waals surface area contributed by atoms with Crippen LogP contribution >= 0.6 is 11.6 Å². The molecule has 4 N–H and O–H groups in total. The van der Waals surface area contributed by atoms with Crippen LogP contribution in [0.2, 0.25) is 5.02 Å². The monoisotopic (exact) mass is 740 g/mol. The highest BCUT2D eigenvalue weighted by atomic mass is 35.5. The van der Waals surface area contributed by atoms with Gasteiger partial charge in [-0.05, 0) is 85.4 Å². The summed E-state index contributed by atoms with van der Waals surface area (Å²) in [5.74, 6) is -0.0177. The number of aromatic hydroxyl groups is 1. The Bertz CT molecular complexity index is 1820. The van der Waals surface area contributed by atoms with Crippen LogP contribution in [0.15, 0.2) is 49.0 Å². The quantitative estimate of drug-likeness (QED) is 0.0758. The van der Waals surface area contributed by atoms with Crippen LogP contribution in [-0.4, -0.2) is 51.4 Å². The van der Waals surface area contributed by atoms with E-state index in [0.29, 0.717) is 43.1 Å². The van der Waals surface area contributed by atoms with E-state index in [2.05, 4.69) is 80.5 Å². The Morgan fingerprint density at radius 3 is 2.22 bits per heavy atom. The third kappa shape index (κ3) is 10.4. The number of amides is 1. The fourth-order valence-electron chi connectivity index (χ4n) is 5.68. The number of halogens is 1. The van der Waals surface area contributed by atoms with Crippen molar-refractivity contribution in [2.24, 2.45) is 0 Å². The Morgan fingerprint density at radius 2 is 1.67 bits per heavy atom. The van der Waals surface area contributed by atoms with E-state index in [1.54, 1.807) is 12.1 Å². The summed E-state index contributed by atoms with van der Waals surface area (Å²) in [4.78, 5) is 15.9. The second-order valence-electron chi connectivity index (χ2n) is 14.3. The van der Waals surface area contributed by atoms with E-state index < -0.39 is 22.0 Å². The average molecular weight is 741 g/mol. The van der Waals surface area contributed by atoms with Gasteiger partial charge in [0.25, 0.3) is 5.91 Å². The first kappa shape index (κ1) is 41.7. The van der Waals surface area contributed by atoms with Crippen LogP contribution in [-0.2, 0) is 25.6 Å². The molecule has 1 unspecified atom stereocenters. The highest BCUT2D eigenvalue weighted by Gasteiger charge is 2.29. The molecule has 3 rings (SSSR count). The van der Waals surface area contributed by atoms with E-state index >= 15 is 0 Å². The van der Waals surface area contributed by atoms with Crippen LogP contribution in [0.4, 0.5) is 22.7 Å². The number of aryl methyl sites for hydroxylation is 1. The lowest BCUT2D eigenvalue weighted by atomic mass is 9.76. The Kier molecular flexibility index (Phi) is 14.1. The molecule has 280 valence electrons. The van der Waals surface area contributed by atoms with Gasteiger partial charge in [-0.2, -0.15) is 0 Å². The molecular weight excluding hydrogens is 684 g/mol. The van der Waals surface area contributed by atoms with E-state index in [1.165, 1.54) is 5.56 Å². The van der Waals surface area contributed by atoms with Gasteiger partial charge >= 0.3 is 0 Å². The predicted octanol–water partition coefficient (Wildman–Crippen LogP) is 9.29. The number of ether oxygens (including phenoxy) is 1. The molecule has 3 aromatic carbocycles. The molecule has 0 spiro atoms. The largest absolute Gasteiger partial charge is 0.504 e. The summed E-state index contributed by atoms with van der Waals surface area (Å²) in [7, 11) is -3.28. The maximum Gasteiger partial charge on any atom is 0.265 e. The van der Waals surface area contributed by atoms with Gasteiger partial charge < -0.3 is 25.4 Å². The zero-order valence-corrected chi connectivity index (χ0v) is 33.5. The molecule has 0 radical (unpaired) electrons. The molecule has 3 aromatic rings. The van der Waals surface area contributed by atoms with Crippen LogP contribution in [0.3, 0.4) is 0 Å². The minimum Gasteiger partial charge on any atom is -0.504 e. The number of phenolic OH excluding ortho intramolecular Hbond substituents is 1.